The zero-order chi connectivity index (χ0) is 11.4. The summed E-state index contributed by atoms with van der Waals surface area (Å²) in [4.78, 5) is 11.5. The molecular weight excluding hydrogens is 242 g/mol. The van der Waals surface area contributed by atoms with Crippen LogP contribution in [0, 0.1) is 0 Å². The molecule has 3 nitrogen and oxygen atoms in total. The summed E-state index contributed by atoms with van der Waals surface area (Å²) in [5.41, 5.74) is 1.21. The van der Waals surface area contributed by atoms with Crippen molar-refractivity contribution >= 4 is 22.9 Å². The molecule has 2 aromatic rings. The number of nitrogens with zero attached hydrogens (tertiary/aromatic N) is 3. The Hall–Kier alpha value is -0.970. The van der Waals surface area contributed by atoms with Gasteiger partial charge < -0.3 is 0 Å². The van der Waals surface area contributed by atoms with E-state index in [9.17, 15) is 0 Å². The molecule has 0 amide bonds. The van der Waals surface area contributed by atoms with Crippen molar-refractivity contribution in [2.45, 2.75) is 13.1 Å². The molecule has 0 bridgehead atoms. The van der Waals surface area contributed by atoms with Crippen LogP contribution in [0.25, 0.3) is 0 Å². The molecule has 2 rings (SSSR count). The van der Waals surface area contributed by atoms with E-state index in [-0.39, 0.29) is 0 Å². The van der Waals surface area contributed by atoms with Crippen molar-refractivity contribution in [2.75, 3.05) is 7.05 Å². The van der Waals surface area contributed by atoms with Crippen LogP contribution in [0.4, 0.5) is 0 Å². The van der Waals surface area contributed by atoms with Gasteiger partial charge in [-0.05, 0) is 18.7 Å². The molecule has 0 fully saturated rings. The number of rotatable bonds is 4. The maximum absolute atomic E-state index is 5.78. The van der Waals surface area contributed by atoms with E-state index in [0.29, 0.717) is 4.47 Å². The van der Waals surface area contributed by atoms with Crippen LogP contribution in [-0.4, -0.2) is 21.9 Å². The second-order valence-electron chi connectivity index (χ2n) is 3.61. The fourth-order valence-electron chi connectivity index (χ4n) is 1.48. The Morgan fingerprint density at radius 3 is 2.88 bits per heavy atom. The molecule has 84 valence electrons. The largest absolute Gasteiger partial charge is 0.297 e. The summed E-state index contributed by atoms with van der Waals surface area (Å²) in [6.07, 6.45) is 5.50. The summed E-state index contributed by atoms with van der Waals surface area (Å²) < 4.78 is 0.602. The van der Waals surface area contributed by atoms with Crippen LogP contribution >= 0.6 is 22.9 Å². The van der Waals surface area contributed by atoms with Gasteiger partial charge in [-0.1, -0.05) is 17.7 Å². The lowest BCUT2D eigenvalue weighted by Gasteiger charge is -2.14. The van der Waals surface area contributed by atoms with Gasteiger partial charge in [-0.2, -0.15) is 0 Å². The molecule has 0 aromatic carbocycles. The summed E-state index contributed by atoms with van der Waals surface area (Å²) in [7, 11) is 2.07. The molecule has 0 N–H and O–H groups in total. The van der Waals surface area contributed by atoms with Gasteiger partial charge in [0.2, 0.25) is 0 Å². The highest BCUT2D eigenvalue weighted by atomic mass is 35.5. The van der Waals surface area contributed by atoms with Crippen LogP contribution in [0.5, 0.6) is 0 Å². The predicted molar refractivity (Wildman–Crippen MR) is 66.5 cm³/mol. The van der Waals surface area contributed by atoms with E-state index < -0.39 is 0 Å². The number of hydrogen-bond donors (Lipinski definition) is 0. The lowest BCUT2D eigenvalue weighted by Crippen LogP contribution is -2.16. The average molecular weight is 254 g/mol. The van der Waals surface area contributed by atoms with Crippen molar-refractivity contribution in [3.63, 3.8) is 0 Å². The molecule has 0 aliphatic carbocycles. The van der Waals surface area contributed by atoms with E-state index in [0.717, 1.165) is 13.1 Å². The molecule has 0 unspecified atom stereocenters. The Morgan fingerprint density at radius 2 is 2.25 bits per heavy atom. The van der Waals surface area contributed by atoms with Gasteiger partial charge >= 0.3 is 0 Å². The van der Waals surface area contributed by atoms with Crippen molar-refractivity contribution in [3.8, 4) is 0 Å². The molecule has 0 atom stereocenters. The lowest BCUT2D eigenvalue weighted by atomic mass is 10.3. The Kier molecular flexibility index (Phi) is 3.88. The smallest absolute Gasteiger partial charge is 0.183 e. The maximum Gasteiger partial charge on any atom is 0.183 e. The van der Waals surface area contributed by atoms with E-state index in [2.05, 4.69) is 28.0 Å². The molecule has 0 saturated heterocycles. The first-order valence-corrected chi connectivity index (χ1v) is 6.11. The van der Waals surface area contributed by atoms with Gasteiger partial charge in [0.15, 0.2) is 4.47 Å². The third-order valence-corrected chi connectivity index (χ3v) is 3.23. The fraction of sp³-hybridized carbons (Fsp3) is 0.273. The van der Waals surface area contributed by atoms with Crippen LogP contribution in [0.1, 0.15) is 10.4 Å². The van der Waals surface area contributed by atoms with E-state index >= 15 is 0 Å². The highest BCUT2D eigenvalue weighted by Crippen LogP contribution is 2.19. The average Bonchev–Trinajstić information content (AvgIpc) is 2.65. The van der Waals surface area contributed by atoms with Gasteiger partial charge in [0.1, 0.15) is 0 Å². The topological polar surface area (TPSA) is 29.0 Å². The molecule has 5 heteroatoms. The Labute approximate surface area is 104 Å². The van der Waals surface area contributed by atoms with Crippen LogP contribution in [-0.2, 0) is 13.1 Å². The molecule has 0 aliphatic rings. The van der Waals surface area contributed by atoms with Gasteiger partial charge in [0, 0.05) is 36.6 Å². The van der Waals surface area contributed by atoms with E-state index in [1.54, 1.807) is 6.20 Å². The zero-order valence-electron chi connectivity index (χ0n) is 8.93. The van der Waals surface area contributed by atoms with E-state index in [1.165, 1.54) is 21.8 Å². The number of pyridine rings is 1. The molecule has 0 spiro atoms. The summed E-state index contributed by atoms with van der Waals surface area (Å²) in [6.45, 7) is 1.74. The van der Waals surface area contributed by atoms with Gasteiger partial charge in [-0.25, -0.2) is 4.98 Å². The van der Waals surface area contributed by atoms with Crippen LogP contribution in [0.3, 0.4) is 0 Å². The number of halogens is 1. The minimum absolute atomic E-state index is 0.602. The molecule has 0 radical (unpaired) electrons. The van der Waals surface area contributed by atoms with Gasteiger partial charge in [-0.3, -0.25) is 9.88 Å². The van der Waals surface area contributed by atoms with Gasteiger partial charge in [-0.15, -0.1) is 11.3 Å². The zero-order valence-corrected chi connectivity index (χ0v) is 10.5. The molecule has 0 saturated carbocycles. The van der Waals surface area contributed by atoms with Crippen LogP contribution in [0.2, 0.25) is 4.47 Å². The minimum atomic E-state index is 0.602. The number of thiazole rings is 1. The number of aromatic nitrogens is 2. The monoisotopic (exact) mass is 253 g/mol. The van der Waals surface area contributed by atoms with Crippen molar-refractivity contribution in [3.05, 3.63) is 45.6 Å². The summed E-state index contributed by atoms with van der Waals surface area (Å²) in [5, 5.41) is 0. The Morgan fingerprint density at radius 1 is 1.38 bits per heavy atom. The van der Waals surface area contributed by atoms with Crippen LogP contribution < -0.4 is 0 Å². The summed E-state index contributed by atoms with van der Waals surface area (Å²) >= 11 is 7.31. The summed E-state index contributed by atoms with van der Waals surface area (Å²) in [6, 6.07) is 4.02. The van der Waals surface area contributed by atoms with E-state index in [4.69, 9.17) is 11.6 Å². The highest BCUT2D eigenvalue weighted by Gasteiger charge is 2.04. The molecule has 2 aromatic heterocycles. The second kappa shape index (κ2) is 5.39. The number of hydrogen-bond acceptors (Lipinski definition) is 4. The summed E-state index contributed by atoms with van der Waals surface area (Å²) in [5.74, 6) is 0. The first-order valence-electron chi connectivity index (χ1n) is 4.91. The highest BCUT2D eigenvalue weighted by molar-refractivity contribution is 7.15. The first-order chi connectivity index (χ1) is 7.74. The lowest BCUT2D eigenvalue weighted by molar-refractivity contribution is 0.321. The van der Waals surface area contributed by atoms with Crippen molar-refractivity contribution in [1.82, 2.24) is 14.9 Å². The standard InChI is InChI=1S/C11H12ClN3S/c1-15(7-9-3-2-4-13-5-9)8-10-6-14-11(12)16-10/h2-6H,7-8H2,1H3. The molecule has 2 heterocycles. The predicted octanol–water partition coefficient (Wildman–Crippen LogP) is 2.82. The third-order valence-electron chi connectivity index (χ3n) is 2.13. The Bertz CT molecular complexity index is 444. The quantitative estimate of drug-likeness (QED) is 0.839. The maximum atomic E-state index is 5.78. The first kappa shape index (κ1) is 11.5. The Balaban J connectivity index is 1.92. The molecule has 16 heavy (non-hydrogen) atoms. The normalized spacial score (nSPS) is 10.9. The van der Waals surface area contributed by atoms with Gasteiger partial charge in [0.25, 0.3) is 0 Å². The van der Waals surface area contributed by atoms with Crippen molar-refractivity contribution < 1.29 is 0 Å². The SMILES string of the molecule is CN(Cc1cccnc1)Cc1cnc(Cl)s1. The second-order valence-corrected chi connectivity index (χ2v) is 5.31. The van der Waals surface area contributed by atoms with E-state index in [1.807, 2.05) is 18.5 Å². The third kappa shape index (κ3) is 3.27. The van der Waals surface area contributed by atoms with Crippen molar-refractivity contribution in [2.24, 2.45) is 0 Å². The van der Waals surface area contributed by atoms with Gasteiger partial charge in [0.05, 0.1) is 0 Å². The molecular formula is C11H12ClN3S. The minimum Gasteiger partial charge on any atom is -0.297 e. The molecule has 0 aliphatic heterocycles. The van der Waals surface area contributed by atoms with Crippen LogP contribution in [0.15, 0.2) is 30.7 Å². The fourth-order valence-corrected chi connectivity index (χ4v) is 2.54. The van der Waals surface area contributed by atoms with Crippen molar-refractivity contribution in [1.29, 1.82) is 0 Å².